The predicted molar refractivity (Wildman–Crippen MR) is 116 cm³/mol. The highest BCUT2D eigenvalue weighted by Crippen LogP contribution is 2.32. The second kappa shape index (κ2) is 9.83. The highest BCUT2D eigenvalue weighted by atomic mass is 16.5. The molecule has 0 saturated carbocycles. The number of hydrogen-bond donors (Lipinski definition) is 3. The summed E-state index contributed by atoms with van der Waals surface area (Å²) in [6.45, 7) is 0.799. The highest BCUT2D eigenvalue weighted by molar-refractivity contribution is 5.59. The van der Waals surface area contributed by atoms with E-state index in [9.17, 15) is 10.2 Å². The zero-order valence-electron chi connectivity index (χ0n) is 18.2. The Morgan fingerprint density at radius 2 is 1.90 bits per heavy atom. The van der Waals surface area contributed by atoms with Crippen LogP contribution in [0.5, 0.6) is 0 Å². The van der Waals surface area contributed by atoms with Crippen LogP contribution >= 0.6 is 0 Å². The first-order valence-corrected chi connectivity index (χ1v) is 10.4. The lowest BCUT2D eigenvalue weighted by Crippen LogP contribution is -2.55. The molecule has 4 N–H and O–H groups in total. The van der Waals surface area contributed by atoms with Crippen molar-refractivity contribution in [3.05, 3.63) is 52.5 Å². The Morgan fingerprint density at radius 3 is 2.53 bits per heavy atom. The maximum absolute atomic E-state index is 9.49. The highest BCUT2D eigenvalue weighted by Gasteiger charge is 2.30. The van der Waals surface area contributed by atoms with Gasteiger partial charge in [-0.25, -0.2) is 0 Å². The van der Waals surface area contributed by atoms with Gasteiger partial charge in [0.25, 0.3) is 0 Å². The van der Waals surface area contributed by atoms with Crippen LogP contribution < -0.4 is 10.6 Å². The first-order chi connectivity index (χ1) is 14.5. The number of aliphatic hydroxyl groups excluding tert-OH is 2. The van der Waals surface area contributed by atoms with Crippen LogP contribution in [-0.4, -0.2) is 69.5 Å². The normalized spacial score (nSPS) is 19.1. The Morgan fingerprint density at radius 1 is 1.13 bits per heavy atom. The third-order valence-electron chi connectivity index (χ3n) is 6.05. The quantitative estimate of drug-likeness (QED) is 0.530. The van der Waals surface area contributed by atoms with Crippen LogP contribution in [0, 0.1) is 0 Å². The lowest BCUT2D eigenvalue weighted by molar-refractivity contribution is 0.0646. The van der Waals surface area contributed by atoms with Crippen molar-refractivity contribution in [3.63, 3.8) is 0 Å². The molecule has 7 heteroatoms. The van der Waals surface area contributed by atoms with Crippen LogP contribution in [0.3, 0.4) is 0 Å². The summed E-state index contributed by atoms with van der Waals surface area (Å²) in [5.74, 6) is 1.47. The van der Waals surface area contributed by atoms with Crippen LogP contribution in [0.1, 0.15) is 24.0 Å². The van der Waals surface area contributed by atoms with Crippen molar-refractivity contribution in [2.75, 3.05) is 52.5 Å². The van der Waals surface area contributed by atoms with Gasteiger partial charge < -0.3 is 35.1 Å². The predicted octanol–water partition coefficient (Wildman–Crippen LogP) is 1.51. The standard InChI is InChI=1S/C23H34N2O5/c1-28-20-11-17(12-21(29-2)22(20)30-3)5-4-16-6-7-19-18(10-16)8-9-25(19)13-23(24,14-26)15-27/h6-7,10-11,21,26-27H,4-5,8-9,12-15,24H2,1-3H3. The number of aryl methyl sites for hydroxylation is 1. The summed E-state index contributed by atoms with van der Waals surface area (Å²) in [6.07, 6.45) is 5.54. The molecule has 166 valence electrons. The summed E-state index contributed by atoms with van der Waals surface area (Å²) in [5, 5.41) is 19.0. The van der Waals surface area contributed by atoms with Gasteiger partial charge in [0.15, 0.2) is 11.5 Å². The molecule has 1 atom stereocenters. The van der Waals surface area contributed by atoms with Crippen molar-refractivity contribution in [2.45, 2.75) is 37.3 Å². The smallest absolute Gasteiger partial charge is 0.166 e. The number of aliphatic hydroxyl groups is 2. The van der Waals surface area contributed by atoms with E-state index in [1.165, 1.54) is 16.7 Å². The Labute approximate surface area is 178 Å². The van der Waals surface area contributed by atoms with Gasteiger partial charge in [-0.3, -0.25) is 0 Å². The molecule has 1 heterocycles. The van der Waals surface area contributed by atoms with Gasteiger partial charge in [-0.05, 0) is 42.5 Å². The molecule has 0 radical (unpaired) electrons. The molecule has 30 heavy (non-hydrogen) atoms. The number of nitrogens with zero attached hydrogens (tertiary/aromatic N) is 1. The largest absolute Gasteiger partial charge is 0.494 e. The van der Waals surface area contributed by atoms with Crippen molar-refractivity contribution >= 4 is 5.69 Å². The molecule has 1 aliphatic carbocycles. The minimum absolute atomic E-state index is 0.117. The van der Waals surface area contributed by atoms with Crippen molar-refractivity contribution in [1.82, 2.24) is 0 Å². The van der Waals surface area contributed by atoms with Gasteiger partial charge in [0.1, 0.15) is 6.10 Å². The third-order valence-corrected chi connectivity index (χ3v) is 6.05. The SMILES string of the molecule is COC1=C(OC)C(OC)CC(CCc2ccc3c(c2)CCN3CC(N)(CO)CO)=C1. The zero-order valence-corrected chi connectivity index (χ0v) is 18.2. The number of hydrogen-bond acceptors (Lipinski definition) is 7. The van der Waals surface area contributed by atoms with E-state index in [0.29, 0.717) is 6.54 Å². The van der Waals surface area contributed by atoms with Crippen molar-refractivity contribution < 1.29 is 24.4 Å². The molecule has 1 aromatic rings. The summed E-state index contributed by atoms with van der Waals surface area (Å²) in [5.41, 5.74) is 10.1. The van der Waals surface area contributed by atoms with E-state index in [1.807, 2.05) is 0 Å². The molecule has 3 rings (SSSR count). The fraction of sp³-hybridized carbons (Fsp3) is 0.565. The van der Waals surface area contributed by atoms with Crippen LogP contribution in [0.2, 0.25) is 0 Å². The fourth-order valence-corrected chi connectivity index (χ4v) is 4.24. The first kappa shape index (κ1) is 22.6. The van der Waals surface area contributed by atoms with Crippen molar-refractivity contribution in [2.24, 2.45) is 5.73 Å². The van der Waals surface area contributed by atoms with Crippen molar-refractivity contribution in [1.29, 1.82) is 0 Å². The molecule has 1 aromatic carbocycles. The molecule has 0 fully saturated rings. The van der Waals surface area contributed by atoms with E-state index in [0.717, 1.165) is 49.4 Å². The molecule has 0 aromatic heterocycles. The van der Waals surface area contributed by atoms with Crippen LogP contribution in [-0.2, 0) is 27.1 Å². The van der Waals surface area contributed by atoms with Gasteiger partial charge in [0, 0.05) is 32.3 Å². The number of benzene rings is 1. The minimum atomic E-state index is -0.987. The average molecular weight is 419 g/mol. The number of allylic oxidation sites excluding steroid dienone is 1. The Bertz CT molecular complexity index is 801. The monoisotopic (exact) mass is 418 g/mol. The summed E-state index contributed by atoms with van der Waals surface area (Å²) in [7, 11) is 4.98. The molecule has 1 unspecified atom stereocenters. The van der Waals surface area contributed by atoms with Gasteiger partial charge in [-0.1, -0.05) is 17.7 Å². The van der Waals surface area contributed by atoms with Gasteiger partial charge in [-0.2, -0.15) is 0 Å². The second-order valence-electron chi connectivity index (χ2n) is 8.18. The molecule has 0 amide bonds. The van der Waals surface area contributed by atoms with Gasteiger partial charge in [0.05, 0.1) is 33.0 Å². The van der Waals surface area contributed by atoms with E-state index in [-0.39, 0.29) is 19.3 Å². The van der Waals surface area contributed by atoms with Crippen molar-refractivity contribution in [3.8, 4) is 0 Å². The van der Waals surface area contributed by atoms with Crippen LogP contribution in [0.25, 0.3) is 0 Å². The van der Waals surface area contributed by atoms with Gasteiger partial charge >= 0.3 is 0 Å². The molecule has 7 nitrogen and oxygen atoms in total. The summed E-state index contributed by atoms with van der Waals surface area (Å²) >= 11 is 0. The van der Waals surface area contributed by atoms with E-state index in [4.69, 9.17) is 19.9 Å². The number of nitrogens with two attached hydrogens (primary N) is 1. The van der Waals surface area contributed by atoms with Crippen LogP contribution in [0.15, 0.2) is 41.4 Å². The number of methoxy groups -OCH3 is 3. The number of fused-ring (bicyclic) bond motifs is 1. The van der Waals surface area contributed by atoms with E-state index >= 15 is 0 Å². The Kier molecular flexibility index (Phi) is 7.41. The number of ether oxygens (including phenoxy) is 3. The molecule has 0 saturated heterocycles. The van der Waals surface area contributed by atoms with Gasteiger partial charge in [0.2, 0.25) is 0 Å². The van der Waals surface area contributed by atoms with E-state index in [1.54, 1.807) is 21.3 Å². The van der Waals surface area contributed by atoms with Gasteiger partial charge in [-0.15, -0.1) is 0 Å². The molecule has 1 aliphatic heterocycles. The molecule has 2 aliphatic rings. The fourth-order valence-electron chi connectivity index (χ4n) is 4.24. The Balaban J connectivity index is 1.67. The van der Waals surface area contributed by atoms with Crippen LogP contribution in [0.4, 0.5) is 5.69 Å². The number of anilines is 1. The molecular weight excluding hydrogens is 384 g/mol. The third kappa shape index (κ3) is 4.81. The van der Waals surface area contributed by atoms with E-state index < -0.39 is 5.54 Å². The summed E-state index contributed by atoms with van der Waals surface area (Å²) < 4.78 is 16.5. The average Bonchev–Trinajstić information content (AvgIpc) is 3.18. The zero-order chi connectivity index (χ0) is 21.7. The van der Waals surface area contributed by atoms with E-state index in [2.05, 4.69) is 29.2 Å². The molecular formula is C23H34N2O5. The second-order valence-corrected chi connectivity index (χ2v) is 8.18. The Hall–Kier alpha value is -2.06. The lowest BCUT2D eigenvalue weighted by Gasteiger charge is -2.31. The first-order valence-electron chi connectivity index (χ1n) is 10.4. The lowest BCUT2D eigenvalue weighted by atomic mass is 9.93. The topological polar surface area (TPSA) is 97.4 Å². The maximum Gasteiger partial charge on any atom is 0.166 e. The number of rotatable bonds is 10. The molecule has 0 bridgehead atoms. The molecule has 0 spiro atoms. The minimum Gasteiger partial charge on any atom is -0.494 e. The summed E-state index contributed by atoms with van der Waals surface area (Å²) in [4.78, 5) is 2.15. The summed E-state index contributed by atoms with van der Waals surface area (Å²) in [6, 6.07) is 6.54. The maximum atomic E-state index is 9.49.